The Bertz CT molecular complexity index is 131. The average molecular weight is 157 g/mol. The topological polar surface area (TPSA) is 53.1 Å². The Morgan fingerprint density at radius 3 is 2.18 bits per heavy atom. The zero-order valence-electron chi connectivity index (χ0n) is 7.89. The highest BCUT2D eigenvalue weighted by atomic mass is 15.1. The van der Waals surface area contributed by atoms with Crippen molar-refractivity contribution in [2.24, 2.45) is 11.7 Å². The third-order valence-corrected chi connectivity index (χ3v) is 1.76. The van der Waals surface area contributed by atoms with Crippen LogP contribution in [0.5, 0.6) is 0 Å². The molecule has 0 aromatic heterocycles. The Labute approximate surface area is 69.1 Å². The second-order valence-electron chi connectivity index (χ2n) is 3.46. The number of hydrogen-bond acceptors (Lipinski definition) is 2. The molecule has 0 rings (SSSR count). The highest BCUT2D eigenvalue weighted by Crippen LogP contribution is 2.00. The van der Waals surface area contributed by atoms with E-state index >= 15 is 0 Å². The fourth-order valence-electron chi connectivity index (χ4n) is 0.972. The van der Waals surface area contributed by atoms with E-state index in [-0.39, 0.29) is 11.9 Å². The van der Waals surface area contributed by atoms with Crippen molar-refractivity contribution in [2.45, 2.75) is 26.8 Å². The number of nitrogens with zero attached hydrogens (tertiary/aromatic N) is 1. The zero-order chi connectivity index (χ0) is 9.02. The van der Waals surface area contributed by atoms with E-state index in [1.807, 2.05) is 14.0 Å². The largest absolute Gasteiger partial charge is 0.386 e. The molecule has 1 atom stereocenters. The van der Waals surface area contributed by atoms with Crippen molar-refractivity contribution < 1.29 is 0 Å². The Hall–Kier alpha value is -0.570. The number of nitrogens with one attached hydrogen (secondary N) is 1. The fraction of sp³-hybridized carbons (Fsp3) is 0.875. The van der Waals surface area contributed by atoms with Crippen molar-refractivity contribution in [3.05, 3.63) is 0 Å². The molecule has 3 heteroatoms. The van der Waals surface area contributed by atoms with Gasteiger partial charge in [-0.2, -0.15) is 0 Å². The van der Waals surface area contributed by atoms with Crippen LogP contribution in [0, 0.1) is 11.3 Å². The molecule has 66 valence electrons. The Balaban J connectivity index is 3.82. The molecule has 0 radical (unpaired) electrons. The molecule has 0 saturated heterocycles. The van der Waals surface area contributed by atoms with Crippen LogP contribution < -0.4 is 5.73 Å². The van der Waals surface area contributed by atoms with Gasteiger partial charge in [0.2, 0.25) is 0 Å². The molecule has 0 aliphatic heterocycles. The van der Waals surface area contributed by atoms with Crippen LogP contribution in [0.3, 0.4) is 0 Å². The molecule has 0 aliphatic carbocycles. The van der Waals surface area contributed by atoms with Gasteiger partial charge >= 0.3 is 0 Å². The van der Waals surface area contributed by atoms with Gasteiger partial charge in [0, 0.05) is 6.54 Å². The van der Waals surface area contributed by atoms with Gasteiger partial charge in [0.25, 0.3) is 0 Å². The number of hydrogen-bond donors (Lipinski definition) is 2. The predicted molar refractivity (Wildman–Crippen MR) is 48.8 cm³/mol. The standard InChI is InChI=1S/C8H19N3/c1-6(2)5-11(4)7(3)8(9)10/h6-7H,5H2,1-4H3,(H3,9,10). The Kier molecular flexibility index (Phi) is 4.11. The maximum atomic E-state index is 7.21. The lowest BCUT2D eigenvalue weighted by Crippen LogP contribution is -2.41. The van der Waals surface area contributed by atoms with Crippen LogP contribution in [0.4, 0.5) is 0 Å². The minimum absolute atomic E-state index is 0.0670. The molecule has 0 aromatic rings. The summed E-state index contributed by atoms with van der Waals surface area (Å²) in [7, 11) is 1.99. The van der Waals surface area contributed by atoms with Crippen LogP contribution in [-0.2, 0) is 0 Å². The minimum Gasteiger partial charge on any atom is -0.386 e. The summed E-state index contributed by atoms with van der Waals surface area (Å²) in [4.78, 5) is 2.09. The maximum Gasteiger partial charge on any atom is 0.108 e. The van der Waals surface area contributed by atoms with Gasteiger partial charge in [-0.05, 0) is 19.9 Å². The SMILES string of the molecule is CC(C)CN(C)C(C)C(=N)N. The van der Waals surface area contributed by atoms with Gasteiger partial charge < -0.3 is 5.73 Å². The van der Waals surface area contributed by atoms with Gasteiger partial charge in [0.15, 0.2) is 0 Å². The fourth-order valence-corrected chi connectivity index (χ4v) is 0.972. The first-order chi connectivity index (χ1) is 4.95. The van der Waals surface area contributed by atoms with E-state index in [2.05, 4.69) is 18.7 Å². The van der Waals surface area contributed by atoms with Crippen LogP contribution in [0.25, 0.3) is 0 Å². The van der Waals surface area contributed by atoms with E-state index < -0.39 is 0 Å². The third-order valence-electron chi connectivity index (χ3n) is 1.76. The van der Waals surface area contributed by atoms with E-state index in [0.29, 0.717) is 5.92 Å². The quantitative estimate of drug-likeness (QED) is 0.470. The number of rotatable bonds is 4. The van der Waals surface area contributed by atoms with Crippen molar-refractivity contribution in [2.75, 3.05) is 13.6 Å². The first kappa shape index (κ1) is 10.4. The van der Waals surface area contributed by atoms with E-state index in [1.54, 1.807) is 0 Å². The average Bonchev–Trinajstić information content (AvgIpc) is 1.84. The van der Waals surface area contributed by atoms with Crippen LogP contribution in [0.1, 0.15) is 20.8 Å². The molecule has 11 heavy (non-hydrogen) atoms. The molecular formula is C8H19N3. The predicted octanol–water partition coefficient (Wildman–Crippen LogP) is 0.899. The summed E-state index contributed by atoms with van der Waals surface area (Å²) in [5.41, 5.74) is 5.35. The summed E-state index contributed by atoms with van der Waals surface area (Å²) in [5, 5.41) is 7.21. The first-order valence-corrected chi connectivity index (χ1v) is 3.99. The zero-order valence-corrected chi connectivity index (χ0v) is 7.89. The number of nitrogens with two attached hydrogens (primary N) is 1. The maximum absolute atomic E-state index is 7.21. The van der Waals surface area contributed by atoms with Crippen molar-refractivity contribution in [3.63, 3.8) is 0 Å². The summed E-state index contributed by atoms with van der Waals surface area (Å²) in [5.74, 6) is 0.870. The summed E-state index contributed by atoms with van der Waals surface area (Å²) >= 11 is 0. The van der Waals surface area contributed by atoms with E-state index in [1.165, 1.54) is 0 Å². The molecule has 0 spiro atoms. The van der Waals surface area contributed by atoms with Crippen LogP contribution in [-0.4, -0.2) is 30.4 Å². The molecule has 3 N–H and O–H groups in total. The second-order valence-corrected chi connectivity index (χ2v) is 3.46. The molecule has 0 saturated carbocycles. The molecule has 3 nitrogen and oxygen atoms in total. The molecule has 0 heterocycles. The summed E-state index contributed by atoms with van der Waals surface area (Å²) in [6.45, 7) is 7.25. The van der Waals surface area contributed by atoms with Gasteiger partial charge in [-0.15, -0.1) is 0 Å². The summed E-state index contributed by atoms with van der Waals surface area (Å²) < 4.78 is 0. The lowest BCUT2D eigenvalue weighted by molar-refractivity contribution is 0.274. The van der Waals surface area contributed by atoms with Gasteiger partial charge in [0.1, 0.15) is 5.84 Å². The monoisotopic (exact) mass is 157 g/mol. The second kappa shape index (κ2) is 4.34. The first-order valence-electron chi connectivity index (χ1n) is 3.99. The van der Waals surface area contributed by atoms with E-state index in [9.17, 15) is 0 Å². The molecule has 0 aromatic carbocycles. The Morgan fingerprint density at radius 2 is 1.91 bits per heavy atom. The van der Waals surface area contributed by atoms with Crippen molar-refractivity contribution in [1.82, 2.24) is 4.90 Å². The summed E-state index contributed by atoms with van der Waals surface area (Å²) in [6.07, 6.45) is 0. The van der Waals surface area contributed by atoms with E-state index in [0.717, 1.165) is 6.54 Å². The van der Waals surface area contributed by atoms with Crippen molar-refractivity contribution in [3.8, 4) is 0 Å². The van der Waals surface area contributed by atoms with Crippen molar-refractivity contribution in [1.29, 1.82) is 5.41 Å². The minimum atomic E-state index is 0.0670. The Morgan fingerprint density at radius 1 is 1.45 bits per heavy atom. The molecule has 0 fully saturated rings. The third kappa shape index (κ3) is 3.98. The van der Waals surface area contributed by atoms with Gasteiger partial charge in [-0.25, -0.2) is 0 Å². The van der Waals surface area contributed by atoms with Gasteiger partial charge in [0.05, 0.1) is 6.04 Å². The molecule has 0 bridgehead atoms. The lowest BCUT2D eigenvalue weighted by atomic mass is 10.2. The highest BCUT2D eigenvalue weighted by Gasteiger charge is 2.11. The van der Waals surface area contributed by atoms with E-state index in [4.69, 9.17) is 11.1 Å². The normalized spacial score (nSPS) is 14.0. The molecule has 0 amide bonds. The number of likely N-dealkylation sites (N-methyl/N-ethyl adjacent to an activating group) is 1. The molecular weight excluding hydrogens is 138 g/mol. The lowest BCUT2D eigenvalue weighted by Gasteiger charge is -2.24. The number of amidine groups is 1. The van der Waals surface area contributed by atoms with Crippen molar-refractivity contribution >= 4 is 5.84 Å². The highest BCUT2D eigenvalue weighted by molar-refractivity contribution is 5.82. The molecule has 1 unspecified atom stereocenters. The van der Waals surface area contributed by atoms with Crippen LogP contribution >= 0.6 is 0 Å². The van der Waals surface area contributed by atoms with Gasteiger partial charge in [-0.1, -0.05) is 13.8 Å². The summed E-state index contributed by atoms with van der Waals surface area (Å²) in [6, 6.07) is 0.0670. The smallest absolute Gasteiger partial charge is 0.108 e. The molecule has 0 aliphatic rings. The van der Waals surface area contributed by atoms with Gasteiger partial charge in [-0.3, -0.25) is 10.3 Å². The van der Waals surface area contributed by atoms with Crippen LogP contribution in [0.2, 0.25) is 0 Å². The van der Waals surface area contributed by atoms with Crippen LogP contribution in [0.15, 0.2) is 0 Å².